The van der Waals surface area contributed by atoms with E-state index in [4.69, 9.17) is 4.74 Å². The molecule has 0 aromatic heterocycles. The molecule has 0 bridgehead atoms. The van der Waals surface area contributed by atoms with Crippen LogP contribution in [0.15, 0.2) is 91.0 Å². The smallest absolute Gasteiger partial charge is 0.331 e. The molecular formula is C29H28N2O5S. The van der Waals surface area contributed by atoms with E-state index in [1.54, 1.807) is 13.8 Å². The molecule has 2 aliphatic heterocycles. The number of ether oxygens (including phenoxy) is 1. The van der Waals surface area contributed by atoms with Crippen LogP contribution in [0.3, 0.4) is 0 Å². The van der Waals surface area contributed by atoms with Gasteiger partial charge in [-0.1, -0.05) is 91.0 Å². The van der Waals surface area contributed by atoms with Gasteiger partial charge in [-0.25, -0.2) is 4.79 Å². The summed E-state index contributed by atoms with van der Waals surface area (Å²) >= 11 is 0. The van der Waals surface area contributed by atoms with E-state index in [2.05, 4.69) is 5.32 Å². The van der Waals surface area contributed by atoms with E-state index in [1.807, 2.05) is 91.0 Å². The van der Waals surface area contributed by atoms with E-state index in [9.17, 15) is 18.6 Å². The van der Waals surface area contributed by atoms with E-state index in [-0.39, 0.29) is 12.3 Å². The lowest BCUT2D eigenvalue weighted by molar-refractivity contribution is -0.166. The Morgan fingerprint density at radius 1 is 0.919 bits per heavy atom. The normalized spacial score (nSPS) is 23.8. The van der Waals surface area contributed by atoms with Crippen LogP contribution in [0.1, 0.15) is 36.6 Å². The first-order chi connectivity index (χ1) is 17.8. The molecule has 2 heterocycles. The maximum atomic E-state index is 13.6. The summed E-state index contributed by atoms with van der Waals surface area (Å²) in [6, 6.07) is 25.9. The molecule has 0 radical (unpaired) electrons. The zero-order valence-corrected chi connectivity index (χ0v) is 21.4. The second kappa shape index (κ2) is 9.94. The van der Waals surface area contributed by atoms with Crippen LogP contribution in [-0.4, -0.2) is 49.1 Å². The molecule has 37 heavy (non-hydrogen) atoms. The lowest BCUT2D eigenvalue weighted by atomic mass is 9.95. The molecule has 2 aliphatic rings. The van der Waals surface area contributed by atoms with Crippen molar-refractivity contribution < 1.29 is 23.3 Å². The third kappa shape index (κ3) is 4.57. The molecule has 0 unspecified atom stereocenters. The van der Waals surface area contributed by atoms with Gasteiger partial charge in [0, 0.05) is 0 Å². The number of rotatable bonds is 7. The predicted octanol–water partition coefficient (Wildman–Crippen LogP) is 3.12. The van der Waals surface area contributed by atoms with Crippen LogP contribution in [0, 0.1) is 0 Å². The number of nitrogens with zero attached hydrogens (tertiary/aromatic N) is 1. The van der Waals surface area contributed by atoms with Crippen molar-refractivity contribution in [3.8, 4) is 0 Å². The van der Waals surface area contributed by atoms with Crippen molar-refractivity contribution in [2.75, 3.05) is 0 Å². The van der Waals surface area contributed by atoms with Gasteiger partial charge in [0.1, 0.15) is 17.5 Å². The molecule has 2 amide bonds. The summed E-state index contributed by atoms with van der Waals surface area (Å²) in [6.07, 6.45) is -0.578. The van der Waals surface area contributed by atoms with E-state index in [0.717, 1.165) is 16.7 Å². The van der Waals surface area contributed by atoms with Gasteiger partial charge in [0.15, 0.2) is 6.10 Å². The monoisotopic (exact) mass is 516 g/mol. The fourth-order valence-electron chi connectivity index (χ4n) is 5.04. The van der Waals surface area contributed by atoms with Crippen LogP contribution in [0.25, 0.3) is 0 Å². The average molecular weight is 517 g/mol. The molecule has 3 aromatic carbocycles. The molecular weight excluding hydrogens is 488 g/mol. The standard InChI is InChI=1S/C29H28N2O5S/c1-29(2)25(28(34)36-24(20-14-8-4-9-15-20)21-16-10-5-11-17-21)31-26(33)23(27(31)37(29)35)30-22(32)18-19-12-6-3-7-13-19/h3-17,23-25,27H,18H2,1-2H3,(H,30,32)/t23-,25+,27-,37+/m1/s1. The number of carbonyl (C=O) groups is 3. The van der Waals surface area contributed by atoms with Crippen molar-refractivity contribution in [2.45, 2.75) is 48.6 Å². The second-order valence-electron chi connectivity index (χ2n) is 9.79. The van der Waals surface area contributed by atoms with Gasteiger partial charge in [-0.15, -0.1) is 0 Å². The van der Waals surface area contributed by atoms with E-state index in [0.29, 0.717) is 0 Å². The van der Waals surface area contributed by atoms with Gasteiger partial charge in [-0.2, -0.15) is 0 Å². The zero-order valence-electron chi connectivity index (χ0n) is 20.6. The SMILES string of the molecule is CC1(C)[C@H](C(=O)OC(c2ccccc2)c2ccccc2)N2C(=O)[C@@H](NC(=O)Cc3ccccc3)[C@H]2[S@@]1=O. The number of amides is 2. The van der Waals surface area contributed by atoms with Crippen molar-refractivity contribution >= 4 is 28.6 Å². The van der Waals surface area contributed by atoms with E-state index in [1.165, 1.54) is 4.90 Å². The third-order valence-corrected chi connectivity index (χ3v) is 9.14. The minimum Gasteiger partial charge on any atom is -0.451 e. The molecule has 8 heteroatoms. The predicted molar refractivity (Wildman–Crippen MR) is 140 cm³/mol. The molecule has 3 aromatic rings. The summed E-state index contributed by atoms with van der Waals surface area (Å²) in [4.78, 5) is 40.8. The fraction of sp³-hybridized carbons (Fsp3) is 0.276. The summed E-state index contributed by atoms with van der Waals surface area (Å²) in [5, 5.41) is 1.95. The number of esters is 1. The van der Waals surface area contributed by atoms with Gasteiger partial charge in [0.2, 0.25) is 11.8 Å². The molecule has 5 rings (SSSR count). The Balaban J connectivity index is 1.35. The summed E-state index contributed by atoms with van der Waals surface area (Å²) in [6.45, 7) is 3.40. The fourth-order valence-corrected chi connectivity index (χ4v) is 6.96. The molecule has 4 atom stereocenters. The Morgan fingerprint density at radius 2 is 1.43 bits per heavy atom. The lowest BCUT2D eigenvalue weighted by Gasteiger charge is -2.43. The quantitative estimate of drug-likeness (QED) is 0.385. The van der Waals surface area contributed by atoms with Crippen molar-refractivity contribution in [1.29, 1.82) is 0 Å². The van der Waals surface area contributed by atoms with Crippen LogP contribution in [0.5, 0.6) is 0 Å². The minimum atomic E-state index is -1.60. The molecule has 7 nitrogen and oxygen atoms in total. The number of hydrogen-bond donors (Lipinski definition) is 1. The van der Waals surface area contributed by atoms with E-state index >= 15 is 0 Å². The number of fused-ring (bicyclic) bond motifs is 1. The summed E-state index contributed by atoms with van der Waals surface area (Å²) in [5.74, 6) is -1.39. The first kappa shape index (κ1) is 24.9. The lowest BCUT2D eigenvalue weighted by Crippen LogP contribution is -2.71. The first-order valence-electron chi connectivity index (χ1n) is 12.2. The Labute approximate surface area is 218 Å². The summed E-state index contributed by atoms with van der Waals surface area (Å²) in [5.41, 5.74) is 2.39. The average Bonchev–Trinajstić information content (AvgIpc) is 3.10. The Morgan fingerprint density at radius 3 is 1.97 bits per heavy atom. The summed E-state index contributed by atoms with van der Waals surface area (Å²) in [7, 11) is -1.60. The Hall–Kier alpha value is -3.78. The first-order valence-corrected chi connectivity index (χ1v) is 13.4. The number of β-lactam (4-membered cyclic amide) rings is 1. The van der Waals surface area contributed by atoms with Gasteiger partial charge in [0.25, 0.3) is 0 Å². The number of carbonyl (C=O) groups excluding carboxylic acids is 3. The molecule has 0 spiro atoms. The highest BCUT2D eigenvalue weighted by molar-refractivity contribution is 7.87. The van der Waals surface area contributed by atoms with Gasteiger partial charge < -0.3 is 15.0 Å². The van der Waals surface area contributed by atoms with Crippen LogP contribution >= 0.6 is 0 Å². The number of benzene rings is 3. The van der Waals surface area contributed by atoms with Crippen LogP contribution in [0.4, 0.5) is 0 Å². The van der Waals surface area contributed by atoms with Crippen molar-refractivity contribution in [3.63, 3.8) is 0 Å². The van der Waals surface area contributed by atoms with Crippen LogP contribution in [-0.2, 0) is 36.3 Å². The van der Waals surface area contributed by atoms with Crippen molar-refractivity contribution in [3.05, 3.63) is 108 Å². The molecule has 1 N–H and O–H groups in total. The van der Waals surface area contributed by atoms with Gasteiger partial charge in [-0.05, 0) is 30.5 Å². The maximum absolute atomic E-state index is 13.6. The highest BCUT2D eigenvalue weighted by Crippen LogP contribution is 2.44. The third-order valence-electron chi connectivity index (χ3n) is 6.94. The van der Waals surface area contributed by atoms with Gasteiger partial charge >= 0.3 is 5.97 Å². The second-order valence-corrected chi connectivity index (χ2v) is 11.9. The van der Waals surface area contributed by atoms with Crippen LogP contribution in [0.2, 0.25) is 0 Å². The topological polar surface area (TPSA) is 92.8 Å². The molecule has 0 aliphatic carbocycles. The van der Waals surface area contributed by atoms with Gasteiger partial charge in [0.05, 0.1) is 22.0 Å². The molecule has 2 fully saturated rings. The largest absolute Gasteiger partial charge is 0.451 e. The molecule has 2 saturated heterocycles. The maximum Gasteiger partial charge on any atom is 0.331 e. The minimum absolute atomic E-state index is 0.106. The van der Waals surface area contributed by atoms with Crippen molar-refractivity contribution in [1.82, 2.24) is 10.2 Å². The molecule has 0 saturated carbocycles. The van der Waals surface area contributed by atoms with Crippen molar-refractivity contribution in [2.24, 2.45) is 0 Å². The highest BCUT2D eigenvalue weighted by atomic mass is 32.2. The van der Waals surface area contributed by atoms with Gasteiger partial charge in [-0.3, -0.25) is 13.8 Å². The van der Waals surface area contributed by atoms with E-state index < -0.39 is 51.0 Å². The van der Waals surface area contributed by atoms with Crippen LogP contribution < -0.4 is 5.32 Å². The number of hydrogen-bond acceptors (Lipinski definition) is 5. The number of nitrogens with one attached hydrogen (secondary N) is 1. The Kier molecular flexibility index (Phi) is 6.69. The summed E-state index contributed by atoms with van der Waals surface area (Å²) < 4.78 is 18.5. The highest BCUT2D eigenvalue weighted by Gasteiger charge is 2.68. The molecule has 190 valence electrons. The zero-order chi connectivity index (χ0) is 26.2. The Bertz CT molecular complexity index is 1290.